The Balaban J connectivity index is 1.60. The lowest BCUT2D eigenvalue weighted by molar-refractivity contribution is 0.104. The van der Waals surface area contributed by atoms with E-state index in [9.17, 15) is 4.79 Å². The highest BCUT2D eigenvalue weighted by atomic mass is 16.1. The second kappa shape index (κ2) is 8.98. The van der Waals surface area contributed by atoms with Crippen LogP contribution in [0.4, 0.5) is 0 Å². The Kier molecular flexibility index (Phi) is 6.44. The molecular formula is C25H30O. The van der Waals surface area contributed by atoms with Gasteiger partial charge in [0, 0.05) is 5.56 Å². The number of allylic oxidation sites excluding steroid dienone is 1. The molecule has 0 spiro atoms. The molecule has 26 heavy (non-hydrogen) atoms. The average molecular weight is 347 g/mol. The SMILES string of the molecule is CC(C)Cc1ccc(C(=O)/C=C/c2ccc(C3CCCCC3)cc2)cc1. The molecule has 136 valence electrons. The summed E-state index contributed by atoms with van der Waals surface area (Å²) < 4.78 is 0. The van der Waals surface area contributed by atoms with Crippen LogP contribution in [0.2, 0.25) is 0 Å². The Hall–Kier alpha value is -2.15. The molecule has 1 nitrogen and oxygen atoms in total. The van der Waals surface area contributed by atoms with Gasteiger partial charge >= 0.3 is 0 Å². The zero-order chi connectivity index (χ0) is 18.4. The first-order chi connectivity index (χ1) is 12.6. The van der Waals surface area contributed by atoms with Gasteiger partial charge in [0.2, 0.25) is 0 Å². The fourth-order valence-electron chi connectivity index (χ4n) is 3.86. The maximum absolute atomic E-state index is 12.4. The zero-order valence-electron chi connectivity index (χ0n) is 16.1. The van der Waals surface area contributed by atoms with Gasteiger partial charge in [-0.2, -0.15) is 0 Å². The molecule has 0 unspecified atom stereocenters. The topological polar surface area (TPSA) is 17.1 Å². The van der Waals surface area contributed by atoms with E-state index in [4.69, 9.17) is 0 Å². The third kappa shape index (κ3) is 5.17. The number of carbonyl (C=O) groups excluding carboxylic acids is 1. The van der Waals surface area contributed by atoms with Crippen LogP contribution in [0.25, 0.3) is 6.08 Å². The number of carbonyl (C=O) groups is 1. The summed E-state index contributed by atoms with van der Waals surface area (Å²) in [6.07, 6.45) is 11.4. The van der Waals surface area contributed by atoms with Crippen molar-refractivity contribution in [2.45, 2.75) is 58.3 Å². The van der Waals surface area contributed by atoms with E-state index < -0.39 is 0 Å². The lowest BCUT2D eigenvalue weighted by atomic mass is 9.84. The molecule has 0 heterocycles. The highest BCUT2D eigenvalue weighted by Crippen LogP contribution is 2.32. The van der Waals surface area contributed by atoms with Gasteiger partial charge in [-0.25, -0.2) is 0 Å². The smallest absolute Gasteiger partial charge is 0.185 e. The van der Waals surface area contributed by atoms with E-state index >= 15 is 0 Å². The van der Waals surface area contributed by atoms with Crippen LogP contribution >= 0.6 is 0 Å². The van der Waals surface area contributed by atoms with E-state index in [1.54, 1.807) is 6.08 Å². The lowest BCUT2D eigenvalue weighted by Crippen LogP contribution is -2.04. The number of hydrogen-bond donors (Lipinski definition) is 0. The van der Waals surface area contributed by atoms with E-state index in [0.29, 0.717) is 5.92 Å². The Bertz CT molecular complexity index is 729. The van der Waals surface area contributed by atoms with Crippen LogP contribution in [0, 0.1) is 5.92 Å². The van der Waals surface area contributed by atoms with Gasteiger partial charge in [-0.05, 0) is 53.9 Å². The largest absolute Gasteiger partial charge is 0.289 e. The van der Waals surface area contributed by atoms with Crippen molar-refractivity contribution < 1.29 is 4.79 Å². The molecule has 0 N–H and O–H groups in total. The molecule has 1 saturated carbocycles. The summed E-state index contributed by atoms with van der Waals surface area (Å²) in [6.45, 7) is 4.42. The molecular weight excluding hydrogens is 316 g/mol. The Morgan fingerprint density at radius 2 is 1.62 bits per heavy atom. The molecule has 0 amide bonds. The molecule has 1 heteroatoms. The van der Waals surface area contributed by atoms with Crippen molar-refractivity contribution in [2.24, 2.45) is 5.92 Å². The predicted octanol–water partition coefficient (Wildman–Crippen LogP) is 6.83. The van der Waals surface area contributed by atoms with Gasteiger partial charge in [-0.3, -0.25) is 4.79 Å². The van der Waals surface area contributed by atoms with Gasteiger partial charge in [-0.1, -0.05) is 87.7 Å². The third-order valence-corrected chi connectivity index (χ3v) is 5.32. The fraction of sp³-hybridized carbons (Fsp3) is 0.400. The molecule has 2 aromatic rings. The van der Waals surface area contributed by atoms with Crippen LogP contribution in [-0.4, -0.2) is 5.78 Å². The van der Waals surface area contributed by atoms with Crippen molar-refractivity contribution in [3.63, 3.8) is 0 Å². The quantitative estimate of drug-likeness (QED) is 0.414. The zero-order valence-corrected chi connectivity index (χ0v) is 16.1. The maximum Gasteiger partial charge on any atom is 0.185 e. The highest BCUT2D eigenvalue weighted by molar-refractivity contribution is 6.06. The van der Waals surface area contributed by atoms with Crippen LogP contribution in [0.5, 0.6) is 0 Å². The molecule has 1 aliphatic carbocycles. The minimum atomic E-state index is 0.0671. The van der Waals surface area contributed by atoms with E-state index in [0.717, 1.165) is 23.5 Å². The summed E-state index contributed by atoms with van der Waals surface area (Å²) in [5, 5.41) is 0. The normalized spacial score (nSPS) is 15.7. The van der Waals surface area contributed by atoms with Crippen molar-refractivity contribution in [3.8, 4) is 0 Å². The van der Waals surface area contributed by atoms with Crippen LogP contribution < -0.4 is 0 Å². The Labute approximate surface area is 158 Å². The lowest BCUT2D eigenvalue weighted by Gasteiger charge is -2.21. The van der Waals surface area contributed by atoms with E-state index in [-0.39, 0.29) is 5.78 Å². The Morgan fingerprint density at radius 3 is 2.23 bits per heavy atom. The molecule has 0 atom stereocenters. The molecule has 0 aliphatic heterocycles. The molecule has 0 radical (unpaired) electrons. The fourth-order valence-corrected chi connectivity index (χ4v) is 3.86. The summed E-state index contributed by atoms with van der Waals surface area (Å²) in [5.74, 6) is 1.43. The van der Waals surface area contributed by atoms with Gasteiger partial charge in [0.25, 0.3) is 0 Å². The molecule has 0 bridgehead atoms. The highest BCUT2D eigenvalue weighted by Gasteiger charge is 2.14. The number of hydrogen-bond acceptors (Lipinski definition) is 1. The molecule has 1 aliphatic rings. The summed E-state index contributed by atoms with van der Waals surface area (Å²) in [6, 6.07) is 16.8. The van der Waals surface area contributed by atoms with Crippen LogP contribution in [-0.2, 0) is 6.42 Å². The van der Waals surface area contributed by atoms with Gasteiger partial charge in [0.15, 0.2) is 5.78 Å². The van der Waals surface area contributed by atoms with Gasteiger partial charge in [-0.15, -0.1) is 0 Å². The van der Waals surface area contributed by atoms with Gasteiger partial charge in [0.05, 0.1) is 0 Å². The number of benzene rings is 2. The number of rotatable bonds is 6. The summed E-state index contributed by atoms with van der Waals surface area (Å²) >= 11 is 0. The minimum absolute atomic E-state index is 0.0671. The van der Waals surface area contributed by atoms with Crippen LogP contribution in [0.1, 0.15) is 78.9 Å². The van der Waals surface area contributed by atoms with Crippen LogP contribution in [0.3, 0.4) is 0 Å². The molecule has 1 fully saturated rings. The third-order valence-electron chi connectivity index (χ3n) is 5.32. The van der Waals surface area contributed by atoms with Crippen molar-refractivity contribution in [3.05, 3.63) is 76.9 Å². The maximum atomic E-state index is 12.4. The van der Waals surface area contributed by atoms with E-state index in [1.165, 1.54) is 43.2 Å². The van der Waals surface area contributed by atoms with Crippen molar-refractivity contribution in [1.29, 1.82) is 0 Å². The van der Waals surface area contributed by atoms with Crippen molar-refractivity contribution in [2.75, 3.05) is 0 Å². The van der Waals surface area contributed by atoms with Gasteiger partial charge < -0.3 is 0 Å². The van der Waals surface area contributed by atoms with Crippen molar-refractivity contribution in [1.82, 2.24) is 0 Å². The van der Waals surface area contributed by atoms with Gasteiger partial charge in [0.1, 0.15) is 0 Å². The molecule has 0 saturated heterocycles. The summed E-state index contributed by atoms with van der Waals surface area (Å²) in [5.41, 5.74) is 4.59. The summed E-state index contributed by atoms with van der Waals surface area (Å²) in [4.78, 5) is 12.4. The predicted molar refractivity (Wildman–Crippen MR) is 111 cm³/mol. The minimum Gasteiger partial charge on any atom is -0.289 e. The second-order valence-electron chi connectivity index (χ2n) is 7.99. The molecule has 2 aromatic carbocycles. The first-order valence-electron chi connectivity index (χ1n) is 10.0. The first kappa shape index (κ1) is 18.6. The molecule has 3 rings (SSSR count). The number of ketones is 1. The Morgan fingerprint density at radius 1 is 0.962 bits per heavy atom. The van der Waals surface area contributed by atoms with E-state index in [2.05, 4.69) is 50.2 Å². The van der Waals surface area contributed by atoms with E-state index in [1.807, 2.05) is 18.2 Å². The van der Waals surface area contributed by atoms with Crippen LogP contribution in [0.15, 0.2) is 54.6 Å². The average Bonchev–Trinajstić information content (AvgIpc) is 2.67. The summed E-state index contributed by atoms with van der Waals surface area (Å²) in [7, 11) is 0. The monoisotopic (exact) mass is 346 g/mol. The second-order valence-corrected chi connectivity index (χ2v) is 7.99. The van der Waals surface area contributed by atoms with Crippen molar-refractivity contribution >= 4 is 11.9 Å². The first-order valence-corrected chi connectivity index (χ1v) is 10.0. The standard InChI is InChI=1S/C25H30O/c1-19(2)18-21-10-15-24(16-11-21)25(26)17-12-20-8-13-23(14-9-20)22-6-4-3-5-7-22/h8-17,19,22H,3-7,18H2,1-2H3/b17-12+. The molecule has 0 aromatic heterocycles.